The lowest BCUT2D eigenvalue weighted by molar-refractivity contribution is -0.462. The SMILES string of the molecule is CC(C)c1ccc(C(C2=CCC(C(C)C)C=C2)=C2C=CC(=[N+](C)C)C=C2)c(C(=O)O)c1. The van der Waals surface area contributed by atoms with E-state index in [4.69, 9.17) is 0 Å². The van der Waals surface area contributed by atoms with E-state index in [1.807, 2.05) is 26.2 Å². The molecule has 3 heteroatoms. The van der Waals surface area contributed by atoms with E-state index in [1.165, 1.54) is 0 Å². The van der Waals surface area contributed by atoms with Crippen LogP contribution in [0, 0.1) is 11.8 Å². The summed E-state index contributed by atoms with van der Waals surface area (Å²) in [5, 5.41) is 10.0. The number of carboxylic acids is 1. The number of hydrogen-bond acceptors (Lipinski definition) is 1. The maximum absolute atomic E-state index is 12.2. The predicted molar refractivity (Wildman–Crippen MR) is 130 cm³/mol. The van der Waals surface area contributed by atoms with Gasteiger partial charge in [0.05, 0.1) is 5.56 Å². The third-order valence-corrected chi connectivity index (χ3v) is 6.16. The molecule has 1 aromatic rings. The van der Waals surface area contributed by atoms with Crippen LogP contribution in [-0.4, -0.2) is 35.5 Å². The van der Waals surface area contributed by atoms with E-state index >= 15 is 0 Å². The van der Waals surface area contributed by atoms with E-state index in [0.29, 0.717) is 17.4 Å². The number of carbonyl (C=O) groups is 1. The van der Waals surface area contributed by atoms with Crippen molar-refractivity contribution in [1.29, 1.82) is 0 Å². The molecule has 0 heterocycles. The summed E-state index contributed by atoms with van der Waals surface area (Å²) in [5.41, 5.74) is 6.39. The van der Waals surface area contributed by atoms with Crippen molar-refractivity contribution < 1.29 is 14.5 Å². The van der Waals surface area contributed by atoms with Gasteiger partial charge in [-0.25, -0.2) is 9.37 Å². The van der Waals surface area contributed by atoms with Gasteiger partial charge in [0, 0.05) is 12.2 Å². The van der Waals surface area contributed by atoms with Crippen LogP contribution in [0.3, 0.4) is 0 Å². The Balaban J connectivity index is 2.20. The lowest BCUT2D eigenvalue weighted by Gasteiger charge is -2.23. The molecule has 1 aromatic carbocycles. The number of aromatic carboxylic acids is 1. The second-order valence-electron chi connectivity index (χ2n) is 9.24. The van der Waals surface area contributed by atoms with Crippen LogP contribution in [0.5, 0.6) is 0 Å². The van der Waals surface area contributed by atoms with Crippen molar-refractivity contribution in [2.75, 3.05) is 14.1 Å². The predicted octanol–water partition coefficient (Wildman–Crippen LogP) is 6.26. The minimum absolute atomic E-state index is 0.274. The first-order valence-electron chi connectivity index (χ1n) is 11.1. The molecule has 1 unspecified atom stereocenters. The summed E-state index contributed by atoms with van der Waals surface area (Å²) in [6.07, 6.45) is 16.0. The number of benzene rings is 1. The van der Waals surface area contributed by atoms with Crippen LogP contribution >= 0.6 is 0 Å². The van der Waals surface area contributed by atoms with Crippen molar-refractivity contribution >= 4 is 17.3 Å². The number of rotatable bonds is 5. The Morgan fingerprint density at radius 2 is 1.68 bits per heavy atom. The molecule has 3 nitrogen and oxygen atoms in total. The van der Waals surface area contributed by atoms with E-state index in [9.17, 15) is 9.90 Å². The Hall–Kier alpha value is -2.94. The van der Waals surface area contributed by atoms with Gasteiger partial charge in [-0.3, -0.25) is 0 Å². The molecule has 2 aliphatic rings. The molecule has 0 fully saturated rings. The van der Waals surface area contributed by atoms with Crippen LogP contribution in [0.15, 0.2) is 71.9 Å². The fourth-order valence-corrected chi connectivity index (χ4v) is 4.04. The van der Waals surface area contributed by atoms with Crippen LogP contribution in [0.4, 0.5) is 0 Å². The molecule has 1 N–H and O–H groups in total. The third kappa shape index (κ3) is 5.04. The zero-order valence-corrected chi connectivity index (χ0v) is 19.5. The van der Waals surface area contributed by atoms with E-state index < -0.39 is 5.97 Å². The van der Waals surface area contributed by atoms with Gasteiger partial charge in [0.2, 0.25) is 0 Å². The Morgan fingerprint density at radius 1 is 1.00 bits per heavy atom. The largest absolute Gasteiger partial charge is 0.478 e. The zero-order chi connectivity index (χ0) is 22.7. The first-order valence-corrected chi connectivity index (χ1v) is 11.1. The highest BCUT2D eigenvalue weighted by molar-refractivity contribution is 6.05. The molecular formula is C28H34NO2+. The van der Waals surface area contributed by atoms with Gasteiger partial charge in [-0.15, -0.1) is 0 Å². The van der Waals surface area contributed by atoms with Gasteiger partial charge in [0.1, 0.15) is 14.1 Å². The molecule has 0 aromatic heterocycles. The normalized spacial score (nSPS) is 18.1. The maximum atomic E-state index is 12.2. The summed E-state index contributed by atoms with van der Waals surface area (Å²) in [4.78, 5) is 12.2. The summed E-state index contributed by atoms with van der Waals surface area (Å²) in [6.45, 7) is 8.66. The van der Waals surface area contributed by atoms with Gasteiger partial charge in [0.15, 0.2) is 5.71 Å². The van der Waals surface area contributed by atoms with E-state index in [1.54, 1.807) is 0 Å². The van der Waals surface area contributed by atoms with Crippen LogP contribution < -0.4 is 0 Å². The van der Waals surface area contributed by atoms with Gasteiger partial charge in [-0.2, -0.15) is 0 Å². The average Bonchev–Trinajstić information content (AvgIpc) is 2.74. The minimum atomic E-state index is -0.889. The van der Waals surface area contributed by atoms with Gasteiger partial charge in [0.25, 0.3) is 0 Å². The van der Waals surface area contributed by atoms with Gasteiger partial charge in [-0.1, -0.05) is 58.1 Å². The molecule has 0 aliphatic heterocycles. The minimum Gasteiger partial charge on any atom is -0.478 e. The highest BCUT2D eigenvalue weighted by atomic mass is 16.4. The molecule has 0 saturated heterocycles. The van der Waals surface area contributed by atoms with Gasteiger partial charge in [-0.05, 0) is 70.2 Å². The fraction of sp³-hybridized carbons (Fsp3) is 0.357. The van der Waals surface area contributed by atoms with Crippen molar-refractivity contribution in [1.82, 2.24) is 0 Å². The summed E-state index contributed by atoms with van der Waals surface area (Å²) in [7, 11) is 4.04. The third-order valence-electron chi connectivity index (χ3n) is 6.16. The Morgan fingerprint density at radius 3 is 2.16 bits per heavy atom. The van der Waals surface area contributed by atoms with Crippen LogP contribution in [-0.2, 0) is 0 Å². The summed E-state index contributed by atoms with van der Waals surface area (Å²) < 4.78 is 2.07. The summed E-state index contributed by atoms with van der Waals surface area (Å²) in [6, 6.07) is 5.88. The van der Waals surface area contributed by atoms with Crippen LogP contribution in [0.2, 0.25) is 0 Å². The molecule has 0 spiro atoms. The van der Waals surface area contributed by atoms with Crippen LogP contribution in [0.1, 0.15) is 61.5 Å². The average molecular weight is 417 g/mol. The highest BCUT2D eigenvalue weighted by Crippen LogP contribution is 2.37. The van der Waals surface area contributed by atoms with Crippen LogP contribution in [0.25, 0.3) is 5.57 Å². The van der Waals surface area contributed by atoms with E-state index in [-0.39, 0.29) is 5.92 Å². The second-order valence-corrected chi connectivity index (χ2v) is 9.24. The highest BCUT2D eigenvalue weighted by Gasteiger charge is 2.22. The number of hydrogen-bond donors (Lipinski definition) is 1. The number of allylic oxidation sites excluding steroid dienone is 10. The quantitative estimate of drug-likeness (QED) is 0.576. The summed E-state index contributed by atoms with van der Waals surface area (Å²) >= 11 is 0. The first-order chi connectivity index (χ1) is 14.7. The molecule has 0 radical (unpaired) electrons. The second kappa shape index (κ2) is 9.47. The Labute approximate surface area is 186 Å². The molecule has 0 saturated carbocycles. The molecule has 162 valence electrons. The molecular weight excluding hydrogens is 382 g/mol. The molecule has 2 aliphatic carbocycles. The van der Waals surface area contributed by atoms with Crippen molar-refractivity contribution in [3.05, 3.63) is 88.6 Å². The van der Waals surface area contributed by atoms with E-state index in [2.05, 4.69) is 80.9 Å². The van der Waals surface area contributed by atoms with Gasteiger partial charge >= 0.3 is 5.97 Å². The zero-order valence-electron chi connectivity index (χ0n) is 19.5. The fourth-order valence-electron chi connectivity index (χ4n) is 4.04. The molecule has 1 atom stereocenters. The molecule has 0 amide bonds. The lowest BCUT2D eigenvalue weighted by atomic mass is 9.81. The Bertz CT molecular complexity index is 1040. The lowest BCUT2D eigenvalue weighted by Crippen LogP contribution is -2.12. The first kappa shape index (κ1) is 22.7. The summed E-state index contributed by atoms with van der Waals surface area (Å²) in [5.74, 6) is 0.482. The van der Waals surface area contributed by atoms with E-state index in [0.717, 1.165) is 40.0 Å². The molecule has 0 bridgehead atoms. The van der Waals surface area contributed by atoms with Crippen molar-refractivity contribution in [2.45, 2.75) is 40.0 Å². The maximum Gasteiger partial charge on any atom is 0.336 e. The number of nitrogens with zero attached hydrogens (tertiary/aromatic N) is 1. The van der Waals surface area contributed by atoms with Crippen molar-refractivity contribution in [3.8, 4) is 0 Å². The number of carboxylic acid groups (broad SMARTS) is 1. The molecule has 31 heavy (non-hydrogen) atoms. The van der Waals surface area contributed by atoms with Crippen molar-refractivity contribution in [3.63, 3.8) is 0 Å². The van der Waals surface area contributed by atoms with Crippen molar-refractivity contribution in [2.24, 2.45) is 11.8 Å². The van der Waals surface area contributed by atoms with Gasteiger partial charge < -0.3 is 5.11 Å². The smallest absolute Gasteiger partial charge is 0.336 e. The monoisotopic (exact) mass is 416 g/mol. The molecule has 3 rings (SSSR count). The topological polar surface area (TPSA) is 40.3 Å². The standard InChI is InChI=1S/C28H33NO2/c1-18(2)20-7-9-21(10-8-20)27(22-11-14-24(15-12-22)29(5)6)25-16-13-23(19(3)4)17-26(25)28(30)31/h7,9-20H,8H2,1-6H3/p+1. The Kier molecular flexibility index (Phi) is 6.94.